The van der Waals surface area contributed by atoms with Crippen molar-refractivity contribution in [3.05, 3.63) is 17.8 Å². The first kappa shape index (κ1) is 16.3. The number of thioether (sulfide) groups is 1. The van der Waals surface area contributed by atoms with Gasteiger partial charge in [-0.05, 0) is 26.8 Å². The van der Waals surface area contributed by atoms with Crippen molar-refractivity contribution in [2.45, 2.75) is 31.4 Å². The zero-order valence-corrected chi connectivity index (χ0v) is 12.7. The summed E-state index contributed by atoms with van der Waals surface area (Å²) in [5.74, 6) is -0.838. The maximum absolute atomic E-state index is 11.6. The molecule has 110 valence electrons. The van der Waals surface area contributed by atoms with Crippen molar-refractivity contribution in [3.8, 4) is 0 Å². The Bertz CT molecular complexity index is 512. The molecule has 0 unspecified atom stereocenters. The molecule has 0 saturated carbocycles. The van der Waals surface area contributed by atoms with Gasteiger partial charge in [-0.2, -0.15) is 0 Å². The summed E-state index contributed by atoms with van der Waals surface area (Å²) < 4.78 is 9.79. The number of hydrogen-bond donors (Lipinski definition) is 1. The van der Waals surface area contributed by atoms with Gasteiger partial charge in [0.25, 0.3) is 0 Å². The number of carbonyl (C=O) groups is 2. The summed E-state index contributed by atoms with van der Waals surface area (Å²) >= 11 is 1.12. The van der Waals surface area contributed by atoms with Crippen LogP contribution in [0.2, 0.25) is 0 Å². The number of aromatic nitrogens is 1. The summed E-state index contributed by atoms with van der Waals surface area (Å²) in [5, 5.41) is 0.402. The highest BCUT2D eigenvalue weighted by Gasteiger charge is 2.18. The van der Waals surface area contributed by atoms with Crippen LogP contribution in [0.1, 0.15) is 31.1 Å². The summed E-state index contributed by atoms with van der Waals surface area (Å²) in [6, 6.07) is 1.47. The Balaban J connectivity index is 2.74. The van der Waals surface area contributed by atoms with Gasteiger partial charge in [0.05, 0.1) is 24.1 Å². The van der Waals surface area contributed by atoms with Gasteiger partial charge in [0, 0.05) is 6.20 Å². The molecule has 0 fully saturated rings. The molecule has 1 aromatic rings. The van der Waals surface area contributed by atoms with Crippen molar-refractivity contribution >= 4 is 29.4 Å². The molecule has 0 atom stereocenters. The average molecular weight is 298 g/mol. The molecule has 20 heavy (non-hydrogen) atoms. The van der Waals surface area contributed by atoms with Crippen molar-refractivity contribution in [2.24, 2.45) is 0 Å². The van der Waals surface area contributed by atoms with Crippen LogP contribution in [-0.4, -0.2) is 35.4 Å². The molecule has 1 heterocycles. The minimum Gasteiger partial charge on any atom is -0.465 e. The van der Waals surface area contributed by atoms with Gasteiger partial charge < -0.3 is 15.2 Å². The molecule has 2 N–H and O–H groups in total. The Kier molecular flexibility index (Phi) is 5.38. The smallest absolute Gasteiger partial charge is 0.340 e. The van der Waals surface area contributed by atoms with Crippen molar-refractivity contribution < 1.29 is 19.1 Å². The van der Waals surface area contributed by atoms with E-state index < -0.39 is 11.6 Å². The van der Waals surface area contributed by atoms with Crippen LogP contribution >= 0.6 is 11.8 Å². The van der Waals surface area contributed by atoms with E-state index in [1.54, 1.807) is 20.8 Å². The molecule has 0 radical (unpaired) electrons. The highest BCUT2D eigenvalue weighted by Crippen LogP contribution is 2.26. The van der Waals surface area contributed by atoms with Gasteiger partial charge in [-0.25, -0.2) is 9.78 Å². The zero-order valence-electron chi connectivity index (χ0n) is 11.9. The number of nitrogens with zero attached hydrogens (tertiary/aromatic N) is 1. The lowest BCUT2D eigenvalue weighted by atomic mass is 10.2. The average Bonchev–Trinajstić information content (AvgIpc) is 2.34. The molecule has 0 aliphatic rings. The second kappa shape index (κ2) is 6.60. The third-order valence-electron chi connectivity index (χ3n) is 2.11. The van der Waals surface area contributed by atoms with Gasteiger partial charge >= 0.3 is 11.9 Å². The van der Waals surface area contributed by atoms with Crippen molar-refractivity contribution in [2.75, 3.05) is 18.6 Å². The van der Waals surface area contributed by atoms with Gasteiger partial charge in [0.15, 0.2) is 0 Å². The number of nitrogen functional groups attached to an aromatic ring is 1. The number of methoxy groups -OCH3 is 1. The molecule has 0 bridgehead atoms. The van der Waals surface area contributed by atoms with Gasteiger partial charge in [-0.3, -0.25) is 4.79 Å². The predicted octanol–water partition coefficient (Wildman–Crippen LogP) is 1.88. The second-order valence-electron chi connectivity index (χ2n) is 4.94. The van der Waals surface area contributed by atoms with E-state index >= 15 is 0 Å². The minimum atomic E-state index is -0.538. The fraction of sp³-hybridized carbons (Fsp3) is 0.462. The van der Waals surface area contributed by atoms with Crippen molar-refractivity contribution in [1.29, 1.82) is 0 Å². The zero-order chi connectivity index (χ0) is 15.3. The van der Waals surface area contributed by atoms with Crippen molar-refractivity contribution in [3.63, 3.8) is 0 Å². The Morgan fingerprint density at radius 3 is 2.60 bits per heavy atom. The van der Waals surface area contributed by atoms with Crippen LogP contribution in [0.3, 0.4) is 0 Å². The summed E-state index contributed by atoms with van der Waals surface area (Å²) in [6.45, 7) is 5.38. The van der Waals surface area contributed by atoms with E-state index in [4.69, 9.17) is 10.5 Å². The lowest BCUT2D eigenvalue weighted by Gasteiger charge is -2.19. The number of nitrogens with two attached hydrogens (primary N) is 1. The lowest BCUT2D eigenvalue weighted by Crippen LogP contribution is -2.25. The molecule has 0 amide bonds. The molecule has 7 heteroatoms. The first-order chi connectivity index (χ1) is 9.24. The van der Waals surface area contributed by atoms with E-state index in [2.05, 4.69) is 9.72 Å². The highest BCUT2D eigenvalue weighted by atomic mass is 32.2. The van der Waals surface area contributed by atoms with Crippen LogP contribution in [0.15, 0.2) is 17.3 Å². The maximum Gasteiger partial charge on any atom is 0.340 e. The van der Waals surface area contributed by atoms with Crippen LogP contribution in [0.25, 0.3) is 0 Å². The van der Waals surface area contributed by atoms with Gasteiger partial charge in [0.1, 0.15) is 10.6 Å². The number of esters is 2. The number of pyridine rings is 1. The van der Waals surface area contributed by atoms with E-state index in [-0.39, 0.29) is 23.0 Å². The molecule has 1 aromatic heterocycles. The minimum absolute atomic E-state index is 0.0685. The fourth-order valence-electron chi connectivity index (χ4n) is 1.36. The van der Waals surface area contributed by atoms with Crippen LogP contribution < -0.4 is 5.73 Å². The first-order valence-corrected chi connectivity index (χ1v) is 6.90. The summed E-state index contributed by atoms with van der Waals surface area (Å²) in [5.41, 5.74) is 5.73. The van der Waals surface area contributed by atoms with E-state index in [0.29, 0.717) is 5.03 Å². The largest absolute Gasteiger partial charge is 0.465 e. The van der Waals surface area contributed by atoms with E-state index in [9.17, 15) is 9.59 Å². The number of anilines is 1. The number of rotatable bonds is 4. The SMILES string of the molecule is COC(=O)c1ccnc(SCC(=O)OC(C)(C)C)c1N. The summed E-state index contributed by atoms with van der Waals surface area (Å²) in [7, 11) is 1.27. The third-order valence-corrected chi connectivity index (χ3v) is 3.08. The van der Waals surface area contributed by atoms with E-state index in [1.165, 1.54) is 19.4 Å². The fourth-order valence-corrected chi connectivity index (χ4v) is 2.07. The van der Waals surface area contributed by atoms with Gasteiger partial charge in [0.2, 0.25) is 0 Å². The quantitative estimate of drug-likeness (QED) is 0.670. The molecule has 1 rings (SSSR count). The number of carbonyl (C=O) groups excluding carboxylic acids is 2. The standard InChI is InChI=1S/C13H18N2O4S/c1-13(2,3)19-9(16)7-20-11-10(14)8(5-6-15-11)12(17)18-4/h5-6H,7,14H2,1-4H3. The number of hydrogen-bond acceptors (Lipinski definition) is 7. The topological polar surface area (TPSA) is 91.5 Å². The Labute approximate surface area is 122 Å². The van der Waals surface area contributed by atoms with E-state index in [0.717, 1.165) is 11.8 Å². The molecule has 0 saturated heterocycles. The monoisotopic (exact) mass is 298 g/mol. The van der Waals surface area contributed by atoms with Crippen LogP contribution in [-0.2, 0) is 14.3 Å². The van der Waals surface area contributed by atoms with Crippen LogP contribution in [0.4, 0.5) is 5.69 Å². The lowest BCUT2D eigenvalue weighted by molar-refractivity contribution is -0.151. The number of ether oxygens (including phenoxy) is 2. The van der Waals surface area contributed by atoms with Crippen LogP contribution in [0, 0.1) is 0 Å². The molecular weight excluding hydrogens is 280 g/mol. The van der Waals surface area contributed by atoms with Crippen LogP contribution in [0.5, 0.6) is 0 Å². The third kappa shape index (κ3) is 4.73. The Morgan fingerprint density at radius 2 is 2.05 bits per heavy atom. The predicted molar refractivity (Wildman–Crippen MR) is 76.6 cm³/mol. The molecule has 0 aliphatic heterocycles. The second-order valence-corrected chi connectivity index (χ2v) is 5.91. The van der Waals surface area contributed by atoms with E-state index in [1.807, 2.05) is 0 Å². The molecule has 0 aromatic carbocycles. The molecule has 6 nitrogen and oxygen atoms in total. The Morgan fingerprint density at radius 1 is 1.40 bits per heavy atom. The Hall–Kier alpha value is -1.76. The highest BCUT2D eigenvalue weighted by molar-refractivity contribution is 8.00. The summed E-state index contributed by atoms with van der Waals surface area (Å²) in [6.07, 6.45) is 1.44. The molecule has 0 aliphatic carbocycles. The molecular formula is C13H18N2O4S. The van der Waals surface area contributed by atoms with Crippen molar-refractivity contribution in [1.82, 2.24) is 4.98 Å². The summed E-state index contributed by atoms with van der Waals surface area (Å²) in [4.78, 5) is 27.1. The first-order valence-electron chi connectivity index (χ1n) is 5.92. The normalized spacial score (nSPS) is 11.0. The van der Waals surface area contributed by atoms with Gasteiger partial charge in [-0.1, -0.05) is 11.8 Å². The van der Waals surface area contributed by atoms with Gasteiger partial charge in [-0.15, -0.1) is 0 Å². The maximum atomic E-state index is 11.6. The molecule has 0 spiro atoms.